The Hall–Kier alpha value is -1.68. The summed E-state index contributed by atoms with van der Waals surface area (Å²) in [5.74, 6) is 2.29. The van der Waals surface area contributed by atoms with E-state index in [0.717, 1.165) is 30.1 Å². The second-order valence-electron chi connectivity index (χ2n) is 5.93. The van der Waals surface area contributed by atoms with Crippen LogP contribution in [-0.2, 0) is 0 Å². The van der Waals surface area contributed by atoms with Gasteiger partial charge in [0.2, 0.25) is 0 Å². The maximum absolute atomic E-state index is 10.3. The zero-order valence-corrected chi connectivity index (χ0v) is 12.4. The smallest absolute Gasteiger partial charge is 0.260 e. The zero-order chi connectivity index (χ0) is 14.7. The topological polar surface area (TPSA) is 59.2 Å². The van der Waals surface area contributed by atoms with Crippen LogP contribution in [0.25, 0.3) is 0 Å². The van der Waals surface area contributed by atoms with Gasteiger partial charge in [0.05, 0.1) is 0 Å². The van der Waals surface area contributed by atoms with Crippen molar-refractivity contribution in [2.24, 2.45) is 5.92 Å². The van der Waals surface area contributed by atoms with E-state index in [-0.39, 0.29) is 0 Å². The SMILES string of the molecule is CCC1CCC(c2noc(C(O)c3ccccc3)n2)CC1. The Balaban J connectivity index is 1.69. The fraction of sp³-hybridized carbons (Fsp3) is 0.529. The highest BCUT2D eigenvalue weighted by Crippen LogP contribution is 2.36. The molecule has 0 amide bonds. The van der Waals surface area contributed by atoms with Gasteiger partial charge in [0.1, 0.15) is 0 Å². The van der Waals surface area contributed by atoms with Crippen LogP contribution in [0.3, 0.4) is 0 Å². The summed E-state index contributed by atoms with van der Waals surface area (Å²) in [5, 5.41) is 14.4. The van der Waals surface area contributed by atoms with Gasteiger partial charge in [-0.3, -0.25) is 0 Å². The highest BCUT2D eigenvalue weighted by molar-refractivity contribution is 5.21. The van der Waals surface area contributed by atoms with Gasteiger partial charge in [0.15, 0.2) is 11.9 Å². The second kappa shape index (κ2) is 6.39. The first kappa shape index (κ1) is 14.3. The molecule has 0 bridgehead atoms. The van der Waals surface area contributed by atoms with Crippen LogP contribution >= 0.6 is 0 Å². The van der Waals surface area contributed by atoms with E-state index in [1.54, 1.807) is 0 Å². The Labute approximate surface area is 125 Å². The summed E-state index contributed by atoms with van der Waals surface area (Å²) in [6, 6.07) is 9.42. The monoisotopic (exact) mass is 286 g/mol. The lowest BCUT2D eigenvalue weighted by Crippen LogP contribution is -2.13. The van der Waals surface area contributed by atoms with Gasteiger partial charge in [-0.05, 0) is 37.2 Å². The number of aliphatic hydroxyl groups excluding tert-OH is 1. The van der Waals surface area contributed by atoms with Gasteiger partial charge in [-0.1, -0.05) is 48.8 Å². The molecule has 0 radical (unpaired) electrons. The molecule has 1 N–H and O–H groups in total. The van der Waals surface area contributed by atoms with Crippen LogP contribution in [0.4, 0.5) is 0 Å². The molecule has 0 saturated heterocycles. The highest BCUT2D eigenvalue weighted by Gasteiger charge is 2.26. The lowest BCUT2D eigenvalue weighted by Gasteiger charge is -2.25. The molecule has 4 heteroatoms. The summed E-state index contributed by atoms with van der Waals surface area (Å²) in [6.45, 7) is 2.26. The molecule has 2 aromatic rings. The Morgan fingerprint density at radius 3 is 2.57 bits per heavy atom. The van der Waals surface area contributed by atoms with E-state index in [1.807, 2.05) is 30.3 Å². The van der Waals surface area contributed by atoms with Crippen molar-refractivity contribution in [3.8, 4) is 0 Å². The third kappa shape index (κ3) is 3.16. The standard InChI is InChI=1S/C17H22N2O2/c1-2-12-8-10-14(11-9-12)16-18-17(21-19-16)15(20)13-6-4-3-5-7-13/h3-7,12,14-15,20H,2,8-11H2,1H3. The minimum absolute atomic E-state index is 0.300. The molecule has 1 aliphatic carbocycles. The van der Waals surface area contributed by atoms with Crippen molar-refractivity contribution in [3.05, 3.63) is 47.6 Å². The Morgan fingerprint density at radius 2 is 1.90 bits per heavy atom. The van der Waals surface area contributed by atoms with Crippen molar-refractivity contribution in [1.82, 2.24) is 10.1 Å². The van der Waals surface area contributed by atoms with Crippen molar-refractivity contribution in [2.75, 3.05) is 0 Å². The second-order valence-corrected chi connectivity index (χ2v) is 5.93. The van der Waals surface area contributed by atoms with E-state index in [0.29, 0.717) is 11.8 Å². The molecule has 112 valence electrons. The van der Waals surface area contributed by atoms with E-state index >= 15 is 0 Å². The molecule has 1 atom stereocenters. The predicted molar refractivity (Wildman–Crippen MR) is 79.8 cm³/mol. The molecule has 1 unspecified atom stereocenters. The van der Waals surface area contributed by atoms with E-state index < -0.39 is 6.10 Å². The summed E-state index contributed by atoms with van der Waals surface area (Å²) in [6.07, 6.45) is 5.16. The molecule has 1 aromatic heterocycles. The third-order valence-electron chi connectivity index (χ3n) is 4.60. The van der Waals surface area contributed by atoms with E-state index in [2.05, 4.69) is 17.1 Å². The molecule has 21 heavy (non-hydrogen) atoms. The Bertz CT molecular complexity index is 559. The zero-order valence-electron chi connectivity index (χ0n) is 12.4. The van der Waals surface area contributed by atoms with Crippen molar-refractivity contribution in [3.63, 3.8) is 0 Å². The molecule has 1 aromatic carbocycles. The van der Waals surface area contributed by atoms with Gasteiger partial charge in [-0.15, -0.1) is 0 Å². The van der Waals surface area contributed by atoms with Gasteiger partial charge >= 0.3 is 0 Å². The van der Waals surface area contributed by atoms with Crippen LogP contribution in [0.1, 0.15) is 68.3 Å². The van der Waals surface area contributed by atoms with Gasteiger partial charge in [-0.2, -0.15) is 4.98 Å². The van der Waals surface area contributed by atoms with Gasteiger partial charge < -0.3 is 9.63 Å². The van der Waals surface area contributed by atoms with Crippen molar-refractivity contribution in [1.29, 1.82) is 0 Å². The third-order valence-corrected chi connectivity index (χ3v) is 4.60. The molecule has 1 fully saturated rings. The van der Waals surface area contributed by atoms with Gasteiger partial charge in [0.25, 0.3) is 5.89 Å². The maximum Gasteiger partial charge on any atom is 0.260 e. The fourth-order valence-electron chi connectivity index (χ4n) is 3.13. The molecule has 1 saturated carbocycles. The first-order valence-corrected chi connectivity index (χ1v) is 7.84. The molecule has 3 rings (SSSR count). The minimum Gasteiger partial charge on any atom is -0.378 e. The van der Waals surface area contributed by atoms with E-state index in [4.69, 9.17) is 4.52 Å². The van der Waals surface area contributed by atoms with Crippen LogP contribution in [0.5, 0.6) is 0 Å². The number of aliphatic hydroxyl groups is 1. The van der Waals surface area contributed by atoms with E-state index in [1.165, 1.54) is 19.3 Å². The average Bonchev–Trinajstić information content (AvgIpc) is 3.05. The number of rotatable bonds is 4. The van der Waals surface area contributed by atoms with Crippen LogP contribution < -0.4 is 0 Å². The number of nitrogens with zero attached hydrogens (tertiary/aromatic N) is 2. The lowest BCUT2D eigenvalue weighted by molar-refractivity contribution is 0.170. The van der Waals surface area contributed by atoms with Gasteiger partial charge in [-0.25, -0.2) is 0 Å². The van der Waals surface area contributed by atoms with Crippen LogP contribution in [0.2, 0.25) is 0 Å². The molecule has 1 heterocycles. The van der Waals surface area contributed by atoms with Crippen LogP contribution in [-0.4, -0.2) is 15.2 Å². The predicted octanol–water partition coefficient (Wildman–Crippen LogP) is 3.84. The number of aromatic nitrogens is 2. The number of benzene rings is 1. The molecular weight excluding hydrogens is 264 g/mol. The summed E-state index contributed by atoms with van der Waals surface area (Å²) in [4.78, 5) is 4.43. The van der Waals surface area contributed by atoms with Crippen molar-refractivity contribution < 1.29 is 9.63 Å². The van der Waals surface area contributed by atoms with Crippen molar-refractivity contribution >= 4 is 0 Å². The van der Waals surface area contributed by atoms with Crippen LogP contribution in [0, 0.1) is 5.92 Å². The summed E-state index contributed by atoms with van der Waals surface area (Å²) in [5.41, 5.74) is 0.780. The molecule has 4 nitrogen and oxygen atoms in total. The quantitative estimate of drug-likeness (QED) is 0.927. The normalized spacial score (nSPS) is 23.9. The van der Waals surface area contributed by atoms with E-state index in [9.17, 15) is 5.11 Å². The molecule has 0 aliphatic heterocycles. The van der Waals surface area contributed by atoms with Gasteiger partial charge in [0, 0.05) is 5.92 Å². The number of hydrogen-bond donors (Lipinski definition) is 1. The Kier molecular flexibility index (Phi) is 4.34. The first-order valence-electron chi connectivity index (χ1n) is 7.84. The summed E-state index contributed by atoms with van der Waals surface area (Å²) < 4.78 is 5.28. The average molecular weight is 286 g/mol. The molecule has 0 spiro atoms. The summed E-state index contributed by atoms with van der Waals surface area (Å²) in [7, 11) is 0. The first-order chi connectivity index (χ1) is 10.3. The Morgan fingerprint density at radius 1 is 1.19 bits per heavy atom. The van der Waals surface area contributed by atoms with Crippen molar-refractivity contribution in [2.45, 2.75) is 51.0 Å². The largest absolute Gasteiger partial charge is 0.378 e. The maximum atomic E-state index is 10.3. The minimum atomic E-state index is -0.834. The molecular formula is C17H22N2O2. The number of hydrogen-bond acceptors (Lipinski definition) is 4. The highest BCUT2D eigenvalue weighted by atomic mass is 16.5. The molecule has 1 aliphatic rings. The fourth-order valence-corrected chi connectivity index (χ4v) is 3.13. The summed E-state index contributed by atoms with van der Waals surface area (Å²) >= 11 is 0. The van der Waals surface area contributed by atoms with Crippen LogP contribution in [0.15, 0.2) is 34.9 Å². The lowest BCUT2D eigenvalue weighted by atomic mass is 9.80.